The number of nitrogens with two attached hydrogens (primary N) is 1. The molecule has 0 aromatic carbocycles. The maximum atomic E-state index is 10.9. The molecule has 0 aliphatic heterocycles. The first-order valence-electron chi connectivity index (χ1n) is 3.37. The summed E-state index contributed by atoms with van der Waals surface area (Å²) in [6.07, 6.45) is -0.152. The standard InChI is InChI=1S/C7H12NO4/c1-7(2,3)11-6(10)5(4-9)12-8/h5H,8H2,1-3H3. The summed E-state index contributed by atoms with van der Waals surface area (Å²) < 4.78 is 4.78. The van der Waals surface area contributed by atoms with Crippen LogP contribution in [0, 0.1) is 0 Å². The fourth-order valence-corrected chi connectivity index (χ4v) is 0.487. The molecule has 0 aliphatic carbocycles. The molecule has 2 N–H and O–H groups in total. The molecule has 0 saturated heterocycles. The van der Waals surface area contributed by atoms with E-state index in [-0.39, 0.29) is 0 Å². The van der Waals surface area contributed by atoms with Crippen LogP contribution in [-0.4, -0.2) is 24.0 Å². The zero-order chi connectivity index (χ0) is 9.78. The van der Waals surface area contributed by atoms with E-state index in [0.29, 0.717) is 0 Å². The molecule has 1 atom stereocenters. The molecule has 1 unspecified atom stereocenters. The fourth-order valence-electron chi connectivity index (χ4n) is 0.487. The summed E-state index contributed by atoms with van der Waals surface area (Å²) in [5.74, 6) is 3.81. The van der Waals surface area contributed by atoms with Gasteiger partial charge in [-0.05, 0) is 20.8 Å². The first-order chi connectivity index (χ1) is 5.40. The van der Waals surface area contributed by atoms with Crippen LogP contribution in [0.1, 0.15) is 20.8 Å². The van der Waals surface area contributed by atoms with Gasteiger partial charge in [0.1, 0.15) is 5.60 Å². The Hall–Kier alpha value is -0.940. The van der Waals surface area contributed by atoms with Gasteiger partial charge in [-0.2, -0.15) is 0 Å². The second-order valence-corrected chi connectivity index (χ2v) is 3.17. The molecular weight excluding hydrogens is 162 g/mol. The van der Waals surface area contributed by atoms with Crippen LogP contribution in [0.15, 0.2) is 0 Å². The van der Waals surface area contributed by atoms with Crippen LogP contribution >= 0.6 is 0 Å². The molecule has 0 saturated carbocycles. The van der Waals surface area contributed by atoms with E-state index in [1.165, 1.54) is 6.29 Å². The van der Waals surface area contributed by atoms with E-state index >= 15 is 0 Å². The Labute approximate surface area is 70.8 Å². The Bertz CT molecular complexity index is 173. The molecule has 0 aromatic rings. The van der Waals surface area contributed by atoms with Gasteiger partial charge in [0, 0.05) is 0 Å². The van der Waals surface area contributed by atoms with Crippen molar-refractivity contribution in [2.45, 2.75) is 32.5 Å². The number of hydrogen-bond acceptors (Lipinski definition) is 5. The Kier molecular flexibility index (Phi) is 3.85. The second-order valence-electron chi connectivity index (χ2n) is 3.17. The molecule has 69 valence electrons. The Morgan fingerprint density at radius 1 is 1.50 bits per heavy atom. The van der Waals surface area contributed by atoms with Crippen LogP contribution in [0.4, 0.5) is 0 Å². The Balaban J connectivity index is 4.11. The average Bonchev–Trinajstić information content (AvgIpc) is 1.85. The number of carbonyl (C=O) groups excluding carboxylic acids is 2. The molecule has 5 nitrogen and oxygen atoms in total. The number of esters is 1. The molecular formula is C7H12NO4. The van der Waals surface area contributed by atoms with Crippen molar-refractivity contribution in [1.29, 1.82) is 0 Å². The summed E-state index contributed by atoms with van der Waals surface area (Å²) >= 11 is 0. The van der Waals surface area contributed by atoms with Crippen molar-refractivity contribution in [3.05, 3.63) is 0 Å². The summed E-state index contributed by atoms with van der Waals surface area (Å²) in [5.41, 5.74) is -0.662. The summed E-state index contributed by atoms with van der Waals surface area (Å²) in [4.78, 5) is 25.0. The van der Waals surface area contributed by atoms with Crippen molar-refractivity contribution in [2.24, 2.45) is 5.90 Å². The van der Waals surface area contributed by atoms with E-state index in [4.69, 9.17) is 4.74 Å². The summed E-state index contributed by atoms with van der Waals surface area (Å²) in [6.45, 7) is 5.01. The third kappa shape index (κ3) is 4.05. The maximum absolute atomic E-state index is 10.9. The van der Waals surface area contributed by atoms with Gasteiger partial charge in [-0.1, -0.05) is 0 Å². The Morgan fingerprint density at radius 2 is 2.00 bits per heavy atom. The van der Waals surface area contributed by atoms with Gasteiger partial charge in [0.05, 0.1) is 0 Å². The van der Waals surface area contributed by atoms with Gasteiger partial charge in [0.15, 0.2) is 0 Å². The lowest BCUT2D eigenvalue weighted by Gasteiger charge is -2.20. The third-order valence-corrected chi connectivity index (χ3v) is 0.864. The monoisotopic (exact) mass is 174 g/mol. The van der Waals surface area contributed by atoms with Crippen molar-refractivity contribution < 1.29 is 19.2 Å². The molecule has 0 amide bonds. The lowest BCUT2D eigenvalue weighted by Crippen LogP contribution is -2.35. The van der Waals surface area contributed by atoms with Crippen LogP contribution in [-0.2, 0) is 19.2 Å². The van der Waals surface area contributed by atoms with Crippen LogP contribution in [0.3, 0.4) is 0 Å². The minimum Gasteiger partial charge on any atom is -0.458 e. The zero-order valence-electron chi connectivity index (χ0n) is 7.29. The maximum Gasteiger partial charge on any atom is 0.346 e. The van der Waals surface area contributed by atoms with Crippen molar-refractivity contribution in [2.75, 3.05) is 0 Å². The number of hydrogen-bond donors (Lipinski definition) is 1. The predicted molar refractivity (Wildman–Crippen MR) is 40.6 cm³/mol. The molecule has 0 heterocycles. The van der Waals surface area contributed by atoms with E-state index in [1.807, 2.05) is 0 Å². The van der Waals surface area contributed by atoms with E-state index in [9.17, 15) is 9.59 Å². The molecule has 0 spiro atoms. The van der Waals surface area contributed by atoms with E-state index in [2.05, 4.69) is 10.7 Å². The molecule has 0 aromatic heterocycles. The van der Waals surface area contributed by atoms with Gasteiger partial charge in [0.2, 0.25) is 12.4 Å². The van der Waals surface area contributed by atoms with Crippen LogP contribution in [0.25, 0.3) is 0 Å². The highest BCUT2D eigenvalue weighted by molar-refractivity contribution is 5.91. The number of ether oxygens (including phenoxy) is 1. The molecule has 0 aliphatic rings. The van der Waals surface area contributed by atoms with E-state index < -0.39 is 17.7 Å². The number of carbonyl (C=O) groups is 1. The smallest absolute Gasteiger partial charge is 0.346 e. The van der Waals surface area contributed by atoms with Crippen LogP contribution in [0.2, 0.25) is 0 Å². The molecule has 0 rings (SSSR count). The lowest BCUT2D eigenvalue weighted by atomic mass is 10.2. The third-order valence-electron chi connectivity index (χ3n) is 0.864. The van der Waals surface area contributed by atoms with Gasteiger partial charge < -0.3 is 4.74 Å². The highest BCUT2D eigenvalue weighted by Gasteiger charge is 2.25. The van der Waals surface area contributed by atoms with Gasteiger partial charge in [-0.3, -0.25) is 9.63 Å². The lowest BCUT2D eigenvalue weighted by molar-refractivity contribution is -0.164. The fraction of sp³-hybridized carbons (Fsp3) is 0.714. The average molecular weight is 174 g/mol. The van der Waals surface area contributed by atoms with Crippen molar-refractivity contribution in [1.82, 2.24) is 0 Å². The molecule has 5 heteroatoms. The normalized spacial score (nSPS) is 13.7. The summed E-state index contributed by atoms with van der Waals surface area (Å²) in [7, 11) is 0. The quantitative estimate of drug-likeness (QED) is 0.361. The molecule has 12 heavy (non-hydrogen) atoms. The van der Waals surface area contributed by atoms with Crippen molar-refractivity contribution >= 4 is 12.3 Å². The van der Waals surface area contributed by atoms with Crippen LogP contribution in [0.5, 0.6) is 0 Å². The summed E-state index contributed by atoms with van der Waals surface area (Å²) in [5, 5.41) is 0. The summed E-state index contributed by atoms with van der Waals surface area (Å²) in [6, 6.07) is 0. The van der Waals surface area contributed by atoms with Gasteiger partial charge in [-0.15, -0.1) is 0 Å². The van der Waals surface area contributed by atoms with Gasteiger partial charge in [-0.25, -0.2) is 10.7 Å². The van der Waals surface area contributed by atoms with Crippen molar-refractivity contribution in [3.63, 3.8) is 0 Å². The van der Waals surface area contributed by atoms with Crippen LogP contribution < -0.4 is 5.90 Å². The minimum atomic E-state index is -1.45. The van der Waals surface area contributed by atoms with Crippen molar-refractivity contribution in [3.8, 4) is 0 Å². The number of rotatable bonds is 3. The Morgan fingerprint density at radius 3 is 2.25 bits per heavy atom. The first kappa shape index (κ1) is 11.1. The zero-order valence-corrected chi connectivity index (χ0v) is 7.29. The topological polar surface area (TPSA) is 78.6 Å². The second kappa shape index (κ2) is 4.18. The van der Waals surface area contributed by atoms with E-state index in [1.54, 1.807) is 20.8 Å². The molecule has 0 bridgehead atoms. The predicted octanol–water partition coefficient (Wildman–Crippen LogP) is -0.303. The van der Waals surface area contributed by atoms with E-state index in [0.717, 1.165) is 0 Å². The van der Waals surface area contributed by atoms with Gasteiger partial charge >= 0.3 is 5.97 Å². The highest BCUT2D eigenvalue weighted by Crippen LogP contribution is 2.08. The molecule has 0 fully saturated rings. The first-order valence-corrected chi connectivity index (χ1v) is 3.37. The highest BCUT2D eigenvalue weighted by atomic mass is 16.7. The largest absolute Gasteiger partial charge is 0.458 e. The van der Waals surface area contributed by atoms with Gasteiger partial charge in [0.25, 0.3) is 0 Å². The minimum absolute atomic E-state index is 0.662. The molecule has 1 radical (unpaired) electrons. The SMILES string of the molecule is CC(C)(C)OC(=O)C([C]=O)ON.